The second-order valence-corrected chi connectivity index (χ2v) is 5.60. The summed E-state index contributed by atoms with van der Waals surface area (Å²) in [5, 5.41) is 16.9. The van der Waals surface area contributed by atoms with Gasteiger partial charge < -0.3 is 14.4 Å². The fraction of sp³-hybridized carbons (Fsp3) is 0.467. The van der Waals surface area contributed by atoms with Gasteiger partial charge >= 0.3 is 6.18 Å². The molecule has 24 heavy (non-hydrogen) atoms. The highest BCUT2D eigenvalue weighted by molar-refractivity contribution is 5.20. The maximum absolute atomic E-state index is 12.8. The number of alkyl halides is 3. The van der Waals surface area contributed by atoms with Crippen LogP contribution >= 0.6 is 0 Å². The lowest BCUT2D eigenvalue weighted by atomic mass is 10.3. The molecule has 2 aromatic rings. The van der Waals surface area contributed by atoms with Crippen molar-refractivity contribution in [3.63, 3.8) is 0 Å². The zero-order valence-electron chi connectivity index (χ0n) is 12.8. The smallest absolute Gasteiger partial charge is 0.451 e. The first kappa shape index (κ1) is 16.7. The highest BCUT2D eigenvalue weighted by atomic mass is 19.4. The molecule has 130 valence electrons. The third kappa shape index (κ3) is 3.85. The highest BCUT2D eigenvalue weighted by Gasteiger charge is 2.39. The summed E-state index contributed by atoms with van der Waals surface area (Å²) in [5.74, 6) is -0.0559. The number of para-hydroxylation sites is 1. The van der Waals surface area contributed by atoms with Crippen LogP contribution in [0.15, 0.2) is 30.3 Å². The van der Waals surface area contributed by atoms with Crippen LogP contribution < -0.4 is 4.74 Å². The van der Waals surface area contributed by atoms with Crippen LogP contribution in [0.4, 0.5) is 13.2 Å². The highest BCUT2D eigenvalue weighted by Crippen LogP contribution is 2.29. The summed E-state index contributed by atoms with van der Waals surface area (Å²) in [4.78, 5) is 1.84. The van der Waals surface area contributed by atoms with Gasteiger partial charge in [-0.1, -0.05) is 18.2 Å². The fourth-order valence-electron chi connectivity index (χ4n) is 2.63. The SMILES string of the molecule is OC(COc1ccccc1)CN1CCn2c(nnc2C(F)(F)F)C1. The van der Waals surface area contributed by atoms with E-state index >= 15 is 0 Å². The molecule has 9 heteroatoms. The number of nitrogens with zero attached hydrogens (tertiary/aromatic N) is 4. The summed E-state index contributed by atoms with van der Waals surface area (Å²) in [5.41, 5.74) is 0. The second-order valence-electron chi connectivity index (χ2n) is 5.60. The first-order chi connectivity index (χ1) is 11.4. The molecule has 0 radical (unpaired) electrons. The molecule has 1 atom stereocenters. The van der Waals surface area contributed by atoms with Gasteiger partial charge in [0.25, 0.3) is 0 Å². The average molecular weight is 342 g/mol. The second kappa shape index (κ2) is 6.78. The Morgan fingerprint density at radius 3 is 2.62 bits per heavy atom. The Hall–Kier alpha value is -2.13. The predicted octanol–water partition coefficient (Wildman–Crippen LogP) is 1.55. The molecule has 6 nitrogen and oxygen atoms in total. The quantitative estimate of drug-likeness (QED) is 0.893. The van der Waals surface area contributed by atoms with E-state index in [1.807, 2.05) is 23.1 Å². The van der Waals surface area contributed by atoms with Crippen LogP contribution in [0.1, 0.15) is 11.6 Å². The van der Waals surface area contributed by atoms with Gasteiger partial charge in [-0.15, -0.1) is 10.2 Å². The van der Waals surface area contributed by atoms with Crippen molar-refractivity contribution < 1.29 is 23.0 Å². The van der Waals surface area contributed by atoms with Crippen LogP contribution in [-0.4, -0.2) is 50.6 Å². The summed E-state index contributed by atoms with van der Waals surface area (Å²) in [6, 6.07) is 9.10. The number of aliphatic hydroxyl groups excluding tert-OH is 1. The summed E-state index contributed by atoms with van der Waals surface area (Å²) < 4.78 is 44.9. The predicted molar refractivity (Wildman–Crippen MR) is 78.2 cm³/mol. The largest absolute Gasteiger partial charge is 0.491 e. The van der Waals surface area contributed by atoms with Gasteiger partial charge in [0.2, 0.25) is 5.82 Å². The molecule has 1 unspecified atom stereocenters. The number of aromatic nitrogens is 3. The van der Waals surface area contributed by atoms with Crippen LogP contribution in [0, 0.1) is 0 Å². The molecule has 0 fully saturated rings. The zero-order chi connectivity index (χ0) is 17.2. The molecular weight excluding hydrogens is 325 g/mol. The fourth-order valence-corrected chi connectivity index (χ4v) is 2.63. The molecular formula is C15H17F3N4O2. The van der Waals surface area contributed by atoms with Crippen molar-refractivity contribution in [2.75, 3.05) is 19.7 Å². The van der Waals surface area contributed by atoms with E-state index in [1.165, 1.54) is 0 Å². The maximum atomic E-state index is 12.8. The van der Waals surface area contributed by atoms with Crippen molar-refractivity contribution in [3.8, 4) is 5.75 Å². The standard InChI is InChI=1S/C15H17F3N4O2/c16-15(17,18)14-20-19-13-9-21(6-7-22(13)14)8-11(23)10-24-12-4-2-1-3-5-12/h1-5,11,23H,6-10H2. The van der Waals surface area contributed by atoms with Gasteiger partial charge in [-0.3, -0.25) is 4.90 Å². The molecule has 0 spiro atoms. The van der Waals surface area contributed by atoms with Gasteiger partial charge in [-0.2, -0.15) is 13.2 Å². The van der Waals surface area contributed by atoms with Gasteiger partial charge in [0, 0.05) is 19.6 Å². The van der Waals surface area contributed by atoms with Crippen molar-refractivity contribution in [2.45, 2.75) is 25.4 Å². The Kier molecular flexibility index (Phi) is 4.72. The zero-order valence-corrected chi connectivity index (χ0v) is 12.8. The number of β-amino-alcohol motifs (C(OH)–C–C–N with tert-alkyl or cyclic N) is 1. The maximum Gasteiger partial charge on any atom is 0.451 e. The van der Waals surface area contributed by atoms with Gasteiger partial charge in [-0.25, -0.2) is 0 Å². The molecule has 1 aliphatic rings. The van der Waals surface area contributed by atoms with Crippen LogP contribution in [-0.2, 0) is 19.3 Å². The number of hydrogen-bond donors (Lipinski definition) is 1. The molecule has 0 saturated heterocycles. The van der Waals surface area contributed by atoms with Crippen molar-refractivity contribution in [2.24, 2.45) is 0 Å². The molecule has 0 bridgehead atoms. The van der Waals surface area contributed by atoms with Crippen LogP contribution in [0.5, 0.6) is 5.75 Å². The molecule has 1 aliphatic heterocycles. The van der Waals surface area contributed by atoms with Crippen molar-refractivity contribution in [1.82, 2.24) is 19.7 Å². The first-order valence-corrected chi connectivity index (χ1v) is 7.51. The molecule has 3 rings (SSSR count). The Bertz CT molecular complexity index is 675. The molecule has 1 aromatic carbocycles. The molecule has 0 amide bonds. The first-order valence-electron chi connectivity index (χ1n) is 7.51. The number of ether oxygens (including phenoxy) is 1. The van der Waals surface area contributed by atoms with Crippen LogP contribution in [0.2, 0.25) is 0 Å². The summed E-state index contributed by atoms with van der Waals surface area (Å²) >= 11 is 0. The molecule has 0 saturated carbocycles. The number of halogens is 3. The number of rotatable bonds is 5. The lowest BCUT2D eigenvalue weighted by Gasteiger charge is -2.29. The van der Waals surface area contributed by atoms with E-state index < -0.39 is 18.1 Å². The minimum Gasteiger partial charge on any atom is -0.491 e. The summed E-state index contributed by atoms with van der Waals surface area (Å²) in [6.07, 6.45) is -5.25. The van der Waals surface area contributed by atoms with E-state index in [0.29, 0.717) is 18.8 Å². The van der Waals surface area contributed by atoms with Gasteiger partial charge in [0.05, 0.1) is 6.54 Å². The Labute approximate surface area is 136 Å². The minimum absolute atomic E-state index is 0.112. The Morgan fingerprint density at radius 1 is 1.17 bits per heavy atom. The third-order valence-corrected chi connectivity index (χ3v) is 3.74. The van der Waals surface area contributed by atoms with Crippen molar-refractivity contribution >= 4 is 0 Å². The van der Waals surface area contributed by atoms with Gasteiger partial charge in [0.1, 0.15) is 24.3 Å². The molecule has 0 aliphatic carbocycles. The number of hydrogen-bond acceptors (Lipinski definition) is 5. The number of aliphatic hydroxyl groups is 1. The average Bonchev–Trinajstić information content (AvgIpc) is 2.97. The normalized spacial score (nSPS) is 16.7. The minimum atomic E-state index is -4.50. The van der Waals surface area contributed by atoms with Crippen LogP contribution in [0.25, 0.3) is 0 Å². The van der Waals surface area contributed by atoms with Crippen molar-refractivity contribution in [3.05, 3.63) is 42.0 Å². The third-order valence-electron chi connectivity index (χ3n) is 3.74. The van der Waals surface area contributed by atoms with Crippen LogP contribution in [0.3, 0.4) is 0 Å². The molecule has 1 aromatic heterocycles. The Balaban J connectivity index is 1.53. The van der Waals surface area contributed by atoms with E-state index in [1.54, 1.807) is 12.1 Å². The molecule has 2 heterocycles. The van der Waals surface area contributed by atoms with E-state index in [-0.39, 0.29) is 25.5 Å². The van der Waals surface area contributed by atoms with E-state index in [4.69, 9.17) is 4.74 Å². The lowest BCUT2D eigenvalue weighted by Crippen LogP contribution is -2.41. The molecule has 1 N–H and O–H groups in total. The van der Waals surface area contributed by atoms with E-state index in [2.05, 4.69) is 10.2 Å². The lowest BCUT2D eigenvalue weighted by molar-refractivity contribution is -0.148. The summed E-state index contributed by atoms with van der Waals surface area (Å²) in [7, 11) is 0. The van der Waals surface area contributed by atoms with Crippen molar-refractivity contribution in [1.29, 1.82) is 0 Å². The number of benzene rings is 1. The monoisotopic (exact) mass is 342 g/mol. The van der Waals surface area contributed by atoms with Gasteiger partial charge in [-0.05, 0) is 12.1 Å². The summed E-state index contributed by atoms with van der Waals surface area (Å²) in [6.45, 7) is 1.15. The topological polar surface area (TPSA) is 63.4 Å². The number of fused-ring (bicyclic) bond motifs is 1. The Morgan fingerprint density at radius 2 is 1.92 bits per heavy atom. The van der Waals surface area contributed by atoms with Gasteiger partial charge in [0.15, 0.2) is 0 Å². The van der Waals surface area contributed by atoms with E-state index in [9.17, 15) is 18.3 Å². The van der Waals surface area contributed by atoms with E-state index in [0.717, 1.165) is 4.57 Å².